The molecule has 0 aliphatic heterocycles. The molecule has 2 rings (SSSR count). The maximum absolute atomic E-state index is 4.28. The van der Waals surface area contributed by atoms with Crippen molar-refractivity contribution in [2.45, 2.75) is 10.1 Å². The van der Waals surface area contributed by atoms with E-state index in [1.54, 1.807) is 11.8 Å². The van der Waals surface area contributed by atoms with Gasteiger partial charge in [0.05, 0.1) is 0 Å². The highest BCUT2D eigenvalue weighted by Crippen LogP contribution is 2.21. The van der Waals surface area contributed by atoms with Crippen LogP contribution in [0.1, 0.15) is 0 Å². The molecule has 0 amide bonds. The summed E-state index contributed by atoms with van der Waals surface area (Å²) in [6.07, 6.45) is 3.82. The second-order valence-corrected chi connectivity index (χ2v) is 5.56. The lowest BCUT2D eigenvalue weighted by molar-refractivity contribution is 0.790. The molecule has 0 aliphatic carbocycles. The lowest BCUT2D eigenvalue weighted by Gasteiger charge is -2.02. The van der Waals surface area contributed by atoms with Crippen molar-refractivity contribution in [2.75, 3.05) is 11.5 Å². The SMILES string of the molecule is Cn1ccnc1SCCSc1ccccc1. The Labute approximate surface area is 104 Å². The molecule has 0 saturated heterocycles. The summed E-state index contributed by atoms with van der Waals surface area (Å²) in [5.74, 6) is 2.20. The molecule has 0 N–H and O–H groups in total. The molecule has 0 aliphatic rings. The van der Waals surface area contributed by atoms with Crippen molar-refractivity contribution in [2.24, 2.45) is 7.05 Å². The summed E-state index contributed by atoms with van der Waals surface area (Å²) in [6.45, 7) is 0. The minimum atomic E-state index is 1.09. The molecule has 0 spiro atoms. The fourth-order valence-electron chi connectivity index (χ4n) is 1.30. The number of aryl methyl sites for hydroxylation is 1. The highest BCUT2D eigenvalue weighted by Gasteiger charge is 1.99. The normalized spacial score (nSPS) is 10.6. The van der Waals surface area contributed by atoms with Gasteiger partial charge in [0.15, 0.2) is 5.16 Å². The molecule has 1 aromatic heterocycles. The Morgan fingerprint density at radius 2 is 1.88 bits per heavy atom. The van der Waals surface area contributed by atoms with Gasteiger partial charge in [-0.1, -0.05) is 30.0 Å². The highest BCUT2D eigenvalue weighted by molar-refractivity contribution is 8.02. The van der Waals surface area contributed by atoms with Crippen molar-refractivity contribution in [3.05, 3.63) is 42.7 Å². The minimum absolute atomic E-state index is 1.09. The number of hydrogen-bond acceptors (Lipinski definition) is 3. The van der Waals surface area contributed by atoms with Crippen LogP contribution in [-0.2, 0) is 7.05 Å². The lowest BCUT2D eigenvalue weighted by Crippen LogP contribution is -1.91. The first-order valence-corrected chi connectivity index (χ1v) is 7.11. The van der Waals surface area contributed by atoms with E-state index >= 15 is 0 Å². The standard InChI is InChI=1S/C12H14N2S2/c1-14-8-7-13-12(14)16-10-9-15-11-5-3-2-4-6-11/h2-8H,9-10H2,1H3. The third kappa shape index (κ3) is 3.32. The first kappa shape index (κ1) is 11.6. The van der Waals surface area contributed by atoms with Gasteiger partial charge < -0.3 is 4.57 Å². The maximum Gasteiger partial charge on any atom is 0.167 e. The maximum atomic E-state index is 4.28. The zero-order chi connectivity index (χ0) is 11.2. The molecular formula is C12H14N2S2. The molecule has 84 valence electrons. The van der Waals surface area contributed by atoms with Crippen LogP contribution in [0.25, 0.3) is 0 Å². The number of thioether (sulfide) groups is 2. The molecule has 0 bridgehead atoms. The van der Waals surface area contributed by atoms with Crippen molar-refractivity contribution in [1.29, 1.82) is 0 Å². The van der Waals surface area contributed by atoms with Crippen molar-refractivity contribution < 1.29 is 0 Å². The Morgan fingerprint density at radius 1 is 1.12 bits per heavy atom. The molecule has 0 unspecified atom stereocenters. The fraction of sp³-hybridized carbons (Fsp3) is 0.250. The Hall–Kier alpha value is -0.870. The van der Waals surface area contributed by atoms with Gasteiger partial charge in [0.2, 0.25) is 0 Å². The van der Waals surface area contributed by atoms with Crippen LogP contribution in [0.15, 0.2) is 52.8 Å². The molecule has 16 heavy (non-hydrogen) atoms. The van der Waals surface area contributed by atoms with Crippen molar-refractivity contribution in [3.63, 3.8) is 0 Å². The zero-order valence-corrected chi connectivity index (χ0v) is 10.8. The monoisotopic (exact) mass is 250 g/mol. The summed E-state index contributed by atoms with van der Waals surface area (Å²) in [5.41, 5.74) is 0. The summed E-state index contributed by atoms with van der Waals surface area (Å²) in [6, 6.07) is 10.5. The van der Waals surface area contributed by atoms with Crippen LogP contribution in [0.2, 0.25) is 0 Å². The first-order chi connectivity index (χ1) is 7.86. The van der Waals surface area contributed by atoms with Gasteiger partial charge in [0.1, 0.15) is 0 Å². The highest BCUT2D eigenvalue weighted by atomic mass is 32.2. The van der Waals surface area contributed by atoms with E-state index in [0.29, 0.717) is 0 Å². The Balaban J connectivity index is 1.72. The molecular weight excluding hydrogens is 236 g/mol. The number of nitrogens with zero attached hydrogens (tertiary/aromatic N) is 2. The minimum Gasteiger partial charge on any atom is -0.329 e. The largest absolute Gasteiger partial charge is 0.329 e. The molecule has 0 fully saturated rings. The molecule has 4 heteroatoms. The van der Waals surface area contributed by atoms with Crippen molar-refractivity contribution in [1.82, 2.24) is 9.55 Å². The van der Waals surface area contributed by atoms with Crippen LogP contribution in [0, 0.1) is 0 Å². The topological polar surface area (TPSA) is 17.8 Å². The van der Waals surface area contributed by atoms with Gasteiger partial charge in [0.25, 0.3) is 0 Å². The van der Waals surface area contributed by atoms with Gasteiger partial charge >= 0.3 is 0 Å². The van der Waals surface area contributed by atoms with E-state index in [9.17, 15) is 0 Å². The number of aromatic nitrogens is 2. The van der Waals surface area contributed by atoms with Crippen molar-refractivity contribution in [3.8, 4) is 0 Å². The van der Waals surface area contributed by atoms with Gasteiger partial charge in [-0.2, -0.15) is 0 Å². The van der Waals surface area contributed by atoms with Crippen LogP contribution < -0.4 is 0 Å². The molecule has 1 heterocycles. The predicted molar refractivity (Wildman–Crippen MR) is 71.1 cm³/mol. The molecule has 2 nitrogen and oxygen atoms in total. The average Bonchev–Trinajstić information content (AvgIpc) is 2.72. The number of imidazole rings is 1. The number of hydrogen-bond donors (Lipinski definition) is 0. The third-order valence-corrected chi connectivity index (χ3v) is 4.44. The summed E-state index contributed by atoms with van der Waals surface area (Å²) in [7, 11) is 2.03. The Kier molecular flexibility index (Phi) is 4.36. The summed E-state index contributed by atoms with van der Waals surface area (Å²) >= 11 is 3.69. The predicted octanol–water partition coefficient (Wildman–Crippen LogP) is 3.30. The first-order valence-electron chi connectivity index (χ1n) is 5.14. The second-order valence-electron chi connectivity index (χ2n) is 3.33. The fourth-order valence-corrected chi connectivity index (χ4v) is 3.13. The Morgan fingerprint density at radius 3 is 2.56 bits per heavy atom. The van der Waals surface area contributed by atoms with Crippen LogP contribution in [-0.4, -0.2) is 21.1 Å². The van der Waals surface area contributed by atoms with E-state index in [-0.39, 0.29) is 0 Å². The van der Waals surface area contributed by atoms with E-state index in [1.807, 2.05) is 37.3 Å². The molecule has 0 saturated carbocycles. The lowest BCUT2D eigenvalue weighted by atomic mass is 10.4. The molecule has 1 aromatic carbocycles. The van der Waals surface area contributed by atoms with Gasteiger partial charge in [-0.25, -0.2) is 4.98 Å². The second kappa shape index (κ2) is 6.01. The van der Waals surface area contributed by atoms with Crippen molar-refractivity contribution >= 4 is 23.5 Å². The number of benzene rings is 1. The van der Waals surface area contributed by atoms with E-state index < -0.39 is 0 Å². The summed E-state index contributed by atoms with van der Waals surface area (Å²) < 4.78 is 2.05. The Bertz CT molecular complexity index is 426. The third-order valence-electron chi connectivity index (χ3n) is 2.10. The zero-order valence-electron chi connectivity index (χ0n) is 9.17. The summed E-state index contributed by atoms with van der Waals surface area (Å²) in [5, 5.41) is 1.09. The quantitative estimate of drug-likeness (QED) is 0.599. The van der Waals surface area contributed by atoms with Crippen LogP contribution >= 0.6 is 23.5 Å². The van der Waals surface area contributed by atoms with E-state index in [4.69, 9.17) is 0 Å². The van der Waals surface area contributed by atoms with Gasteiger partial charge in [-0.3, -0.25) is 0 Å². The molecule has 0 radical (unpaired) electrons. The van der Waals surface area contributed by atoms with Gasteiger partial charge in [-0.05, 0) is 12.1 Å². The molecule has 0 atom stereocenters. The summed E-state index contributed by atoms with van der Waals surface area (Å²) in [4.78, 5) is 5.61. The average molecular weight is 250 g/mol. The van der Waals surface area contributed by atoms with Gasteiger partial charge in [-0.15, -0.1) is 11.8 Å². The smallest absolute Gasteiger partial charge is 0.167 e. The van der Waals surface area contributed by atoms with E-state index in [1.165, 1.54) is 4.90 Å². The van der Waals surface area contributed by atoms with E-state index in [2.05, 4.69) is 33.8 Å². The van der Waals surface area contributed by atoms with Crippen LogP contribution in [0.4, 0.5) is 0 Å². The molecule has 2 aromatic rings. The van der Waals surface area contributed by atoms with Crippen LogP contribution in [0.5, 0.6) is 0 Å². The van der Waals surface area contributed by atoms with E-state index in [0.717, 1.165) is 16.7 Å². The number of rotatable bonds is 5. The van der Waals surface area contributed by atoms with Gasteiger partial charge in [0, 0.05) is 35.8 Å². The van der Waals surface area contributed by atoms with Crippen LogP contribution in [0.3, 0.4) is 0 Å².